The molecule has 2 atom stereocenters. The predicted molar refractivity (Wildman–Crippen MR) is 75.3 cm³/mol. The summed E-state index contributed by atoms with van der Waals surface area (Å²) < 4.78 is 6.00. The Balaban J connectivity index is 2.41. The molecule has 0 unspecified atom stereocenters. The molecule has 1 heterocycles. The number of carbonyl (C=O) groups is 1. The number of likely N-dealkylation sites (N-methyl/N-ethyl adjacent to an activating group) is 1. The summed E-state index contributed by atoms with van der Waals surface area (Å²) in [5.41, 5.74) is 6.87. The summed E-state index contributed by atoms with van der Waals surface area (Å²) in [4.78, 5) is 14.1. The van der Waals surface area contributed by atoms with Gasteiger partial charge in [0.25, 0.3) is 5.91 Å². The van der Waals surface area contributed by atoms with Gasteiger partial charge in [0.05, 0.1) is 5.56 Å². The highest BCUT2D eigenvalue weighted by molar-refractivity contribution is 5.97. The Labute approximate surface area is 113 Å². The molecule has 5 nitrogen and oxygen atoms in total. The van der Waals surface area contributed by atoms with Crippen LogP contribution in [0.2, 0.25) is 0 Å². The number of hydrogen-bond donors (Lipinski definition) is 2. The van der Waals surface area contributed by atoms with E-state index in [2.05, 4.69) is 12.2 Å². The Morgan fingerprint density at radius 3 is 2.95 bits per heavy atom. The van der Waals surface area contributed by atoms with Crippen molar-refractivity contribution >= 4 is 11.6 Å². The zero-order valence-electron chi connectivity index (χ0n) is 11.6. The molecule has 104 valence electrons. The maximum absolute atomic E-state index is 12.3. The molecular weight excluding hydrogens is 242 g/mol. The largest absolute Gasteiger partial charge is 0.488 e. The monoisotopic (exact) mass is 263 g/mol. The molecule has 3 N–H and O–H groups in total. The predicted octanol–water partition coefficient (Wildman–Crippen LogP) is 0.957. The number of benzene rings is 1. The lowest BCUT2D eigenvalue weighted by molar-refractivity contribution is 0.0637. The Kier molecular flexibility index (Phi) is 3.95. The van der Waals surface area contributed by atoms with Crippen LogP contribution >= 0.6 is 0 Å². The Bertz CT molecular complexity index is 476. The molecule has 19 heavy (non-hydrogen) atoms. The number of nitrogens with one attached hydrogen (secondary N) is 1. The van der Waals surface area contributed by atoms with Crippen molar-refractivity contribution in [1.29, 1.82) is 0 Å². The van der Waals surface area contributed by atoms with Crippen LogP contribution < -0.4 is 15.8 Å². The van der Waals surface area contributed by atoms with Crippen LogP contribution in [0.4, 0.5) is 5.69 Å². The molecule has 2 rings (SSSR count). The standard InChI is InChI=1S/C14H21N3O2/c1-9-8-17(3)14(18)11-6-10(15)4-5-12(11)19-13(9)7-16-2/h4-6,9,13,16H,7-8,15H2,1-3H3/t9-,13-/m0/s1. The number of nitrogens with zero attached hydrogens (tertiary/aromatic N) is 1. The van der Waals surface area contributed by atoms with E-state index in [1.165, 1.54) is 0 Å². The van der Waals surface area contributed by atoms with Crippen molar-refractivity contribution in [2.45, 2.75) is 13.0 Å². The highest BCUT2D eigenvalue weighted by Gasteiger charge is 2.28. The van der Waals surface area contributed by atoms with Crippen molar-refractivity contribution in [2.24, 2.45) is 5.92 Å². The lowest BCUT2D eigenvalue weighted by atomic mass is 10.0. The van der Waals surface area contributed by atoms with E-state index in [1.807, 2.05) is 14.1 Å². The molecule has 1 aromatic carbocycles. The molecule has 0 fully saturated rings. The van der Waals surface area contributed by atoms with Gasteiger partial charge in [0.2, 0.25) is 0 Å². The molecule has 0 radical (unpaired) electrons. The third-order valence-corrected chi connectivity index (χ3v) is 3.46. The van der Waals surface area contributed by atoms with Crippen LogP contribution in [0.5, 0.6) is 5.75 Å². The molecule has 0 bridgehead atoms. The average molecular weight is 263 g/mol. The summed E-state index contributed by atoms with van der Waals surface area (Å²) in [6.07, 6.45) is 0.0305. The number of fused-ring (bicyclic) bond motifs is 1. The van der Waals surface area contributed by atoms with E-state index in [4.69, 9.17) is 10.5 Å². The molecule has 1 aliphatic rings. The summed E-state index contributed by atoms with van der Waals surface area (Å²) in [5, 5.41) is 3.13. The number of carbonyl (C=O) groups excluding carboxylic acids is 1. The zero-order chi connectivity index (χ0) is 14.0. The van der Waals surface area contributed by atoms with Gasteiger partial charge in [-0.15, -0.1) is 0 Å². The summed E-state index contributed by atoms with van der Waals surface area (Å²) in [6.45, 7) is 3.50. The van der Waals surface area contributed by atoms with Gasteiger partial charge in [-0.2, -0.15) is 0 Å². The van der Waals surface area contributed by atoms with E-state index in [-0.39, 0.29) is 17.9 Å². The van der Waals surface area contributed by atoms with E-state index in [1.54, 1.807) is 23.1 Å². The van der Waals surface area contributed by atoms with E-state index < -0.39 is 0 Å². The lowest BCUT2D eigenvalue weighted by Gasteiger charge is -2.32. The van der Waals surface area contributed by atoms with E-state index in [9.17, 15) is 4.79 Å². The van der Waals surface area contributed by atoms with Gasteiger partial charge in [-0.1, -0.05) is 6.92 Å². The van der Waals surface area contributed by atoms with Crippen molar-refractivity contribution in [3.63, 3.8) is 0 Å². The van der Waals surface area contributed by atoms with Gasteiger partial charge in [-0.05, 0) is 25.2 Å². The Hall–Kier alpha value is -1.75. The Morgan fingerprint density at radius 2 is 2.26 bits per heavy atom. The summed E-state index contributed by atoms with van der Waals surface area (Å²) in [6, 6.07) is 5.21. The lowest BCUT2D eigenvalue weighted by Crippen LogP contribution is -2.44. The number of anilines is 1. The first-order chi connectivity index (χ1) is 9.02. The minimum absolute atomic E-state index is 0.0305. The molecule has 1 aliphatic heterocycles. The fraction of sp³-hybridized carbons (Fsp3) is 0.500. The van der Waals surface area contributed by atoms with Crippen LogP contribution in [-0.4, -0.2) is 44.1 Å². The SMILES string of the molecule is CNC[C@@H]1Oc2ccc(N)cc2C(=O)N(C)C[C@@H]1C. The number of amides is 1. The van der Waals surface area contributed by atoms with E-state index in [0.29, 0.717) is 23.5 Å². The van der Waals surface area contributed by atoms with Gasteiger partial charge in [0.15, 0.2) is 0 Å². The van der Waals surface area contributed by atoms with Crippen molar-refractivity contribution in [3.8, 4) is 5.75 Å². The van der Waals surface area contributed by atoms with Crippen LogP contribution in [-0.2, 0) is 0 Å². The fourth-order valence-electron chi connectivity index (χ4n) is 2.38. The molecule has 1 aromatic rings. The molecule has 0 aliphatic carbocycles. The molecule has 0 saturated carbocycles. The minimum Gasteiger partial charge on any atom is -0.488 e. The third-order valence-electron chi connectivity index (χ3n) is 3.46. The second kappa shape index (κ2) is 5.48. The normalized spacial score (nSPS) is 23.3. The molecule has 0 aromatic heterocycles. The topological polar surface area (TPSA) is 67.6 Å². The highest BCUT2D eigenvalue weighted by Crippen LogP contribution is 2.27. The van der Waals surface area contributed by atoms with E-state index in [0.717, 1.165) is 6.54 Å². The maximum Gasteiger partial charge on any atom is 0.257 e. The summed E-state index contributed by atoms with van der Waals surface area (Å²) in [7, 11) is 3.71. The fourth-order valence-corrected chi connectivity index (χ4v) is 2.38. The maximum atomic E-state index is 12.3. The van der Waals surface area contributed by atoms with Gasteiger partial charge in [-0.3, -0.25) is 4.79 Å². The van der Waals surface area contributed by atoms with Gasteiger partial charge >= 0.3 is 0 Å². The van der Waals surface area contributed by atoms with Crippen molar-refractivity contribution in [2.75, 3.05) is 32.9 Å². The third kappa shape index (κ3) is 2.81. The number of nitrogen functional groups attached to an aromatic ring is 1. The first-order valence-corrected chi connectivity index (χ1v) is 6.49. The Morgan fingerprint density at radius 1 is 1.53 bits per heavy atom. The van der Waals surface area contributed by atoms with Crippen molar-refractivity contribution < 1.29 is 9.53 Å². The molecule has 0 spiro atoms. The summed E-state index contributed by atoms with van der Waals surface area (Å²) in [5.74, 6) is 0.821. The number of ether oxygens (including phenoxy) is 1. The van der Waals surface area contributed by atoms with Crippen molar-refractivity contribution in [3.05, 3.63) is 23.8 Å². The quantitative estimate of drug-likeness (QED) is 0.780. The first kappa shape index (κ1) is 13.7. The van der Waals surface area contributed by atoms with Crippen LogP contribution in [0.1, 0.15) is 17.3 Å². The smallest absolute Gasteiger partial charge is 0.257 e. The van der Waals surface area contributed by atoms with Crippen LogP contribution in [0.25, 0.3) is 0 Å². The highest BCUT2D eigenvalue weighted by atomic mass is 16.5. The molecular formula is C14H21N3O2. The van der Waals surface area contributed by atoms with Gasteiger partial charge < -0.3 is 20.7 Å². The van der Waals surface area contributed by atoms with Crippen LogP contribution in [0, 0.1) is 5.92 Å². The number of nitrogens with two attached hydrogens (primary N) is 1. The van der Waals surface area contributed by atoms with Gasteiger partial charge in [0.1, 0.15) is 11.9 Å². The molecule has 0 saturated heterocycles. The summed E-state index contributed by atoms with van der Waals surface area (Å²) >= 11 is 0. The van der Waals surface area contributed by atoms with Gasteiger partial charge in [-0.25, -0.2) is 0 Å². The second-order valence-electron chi connectivity index (χ2n) is 5.13. The molecule has 1 amide bonds. The minimum atomic E-state index is -0.0444. The van der Waals surface area contributed by atoms with Crippen LogP contribution in [0.3, 0.4) is 0 Å². The second-order valence-corrected chi connectivity index (χ2v) is 5.13. The average Bonchev–Trinajstić information content (AvgIpc) is 2.38. The number of rotatable bonds is 2. The van der Waals surface area contributed by atoms with Gasteiger partial charge in [0, 0.05) is 31.7 Å². The number of hydrogen-bond acceptors (Lipinski definition) is 4. The van der Waals surface area contributed by atoms with Crippen LogP contribution in [0.15, 0.2) is 18.2 Å². The zero-order valence-corrected chi connectivity index (χ0v) is 11.6. The van der Waals surface area contributed by atoms with E-state index >= 15 is 0 Å². The molecule has 5 heteroatoms. The first-order valence-electron chi connectivity index (χ1n) is 6.49. The van der Waals surface area contributed by atoms with Crippen molar-refractivity contribution in [1.82, 2.24) is 10.2 Å².